The zero-order valence-corrected chi connectivity index (χ0v) is 16.6. The topological polar surface area (TPSA) is 83.6 Å². The van der Waals surface area contributed by atoms with Gasteiger partial charge in [0.15, 0.2) is 0 Å². The van der Waals surface area contributed by atoms with Crippen LogP contribution in [-0.4, -0.2) is 28.8 Å². The molecule has 0 heterocycles. The summed E-state index contributed by atoms with van der Waals surface area (Å²) in [7, 11) is 0. The maximum atomic E-state index is 10.9. The smallest absolute Gasteiger partial charge is 0.217 e. The molecule has 0 aromatic carbocycles. The van der Waals surface area contributed by atoms with Gasteiger partial charge in [0, 0.05) is 5.92 Å². The average Bonchev–Trinajstić information content (AvgIpc) is 2.22. The van der Waals surface area contributed by atoms with Crippen molar-refractivity contribution in [3.05, 3.63) is 6.42 Å². The monoisotopic (exact) mass is 483 g/mol. The molecule has 0 aromatic heterocycles. The normalized spacial score (nSPS) is 16.0. The van der Waals surface area contributed by atoms with Gasteiger partial charge in [0.2, 0.25) is 5.91 Å². The number of primary amides is 1. The molecule has 3 unspecified atom stereocenters. The van der Waals surface area contributed by atoms with Gasteiger partial charge in [-0.15, -0.1) is 0 Å². The van der Waals surface area contributed by atoms with Crippen molar-refractivity contribution in [1.29, 1.82) is 0 Å². The van der Waals surface area contributed by atoms with Crippen LogP contribution in [0.25, 0.3) is 0 Å². The molecular weight excluding hydrogens is 461 g/mol. The van der Waals surface area contributed by atoms with E-state index in [0.29, 0.717) is 12.8 Å². The zero-order chi connectivity index (χ0) is 11.8. The predicted molar refractivity (Wildman–Crippen MR) is 58.8 cm³/mol. The Hall–Kier alpha value is -1.61. The summed E-state index contributed by atoms with van der Waals surface area (Å²) in [5.74, 6) is -0.368. The summed E-state index contributed by atoms with van der Waals surface area (Å²) in [6.45, 7) is 3.57. The number of hydrogen-bond donors (Lipinski definition) is 3. The Morgan fingerprint density at radius 1 is 1.44 bits per heavy atom. The molecule has 0 saturated carbocycles. The van der Waals surface area contributed by atoms with E-state index in [9.17, 15) is 9.90 Å². The second kappa shape index (κ2) is 8.68. The van der Waals surface area contributed by atoms with Gasteiger partial charge in [-0.05, 0) is 12.3 Å². The van der Waals surface area contributed by atoms with E-state index in [1.165, 1.54) is 0 Å². The first-order valence-corrected chi connectivity index (χ1v) is 5.42. The molecule has 0 radical (unpaired) electrons. The van der Waals surface area contributed by atoms with Crippen molar-refractivity contribution in [1.82, 2.24) is 0 Å². The van der Waals surface area contributed by atoms with E-state index in [4.69, 9.17) is 10.8 Å². The van der Waals surface area contributed by atoms with Crippen LogP contribution in [0.15, 0.2) is 0 Å². The third-order valence-corrected chi connectivity index (χ3v) is 2.73. The molecule has 0 aliphatic rings. The quantitative estimate of drug-likeness (QED) is 0.440. The van der Waals surface area contributed by atoms with Crippen molar-refractivity contribution in [2.75, 3.05) is 6.61 Å². The molecule has 0 rings (SSSR count). The van der Waals surface area contributed by atoms with Gasteiger partial charge in [0.05, 0.1) is 12.7 Å². The molecular formula is C11H22NO3Rf-. The van der Waals surface area contributed by atoms with Gasteiger partial charge < -0.3 is 22.4 Å². The summed E-state index contributed by atoms with van der Waals surface area (Å²) >= 11 is 0. The van der Waals surface area contributed by atoms with E-state index in [1.54, 1.807) is 0 Å². The molecule has 0 spiro atoms. The van der Waals surface area contributed by atoms with E-state index in [1.807, 2.05) is 20.3 Å². The largest absolute Gasteiger partial charge is 0.394 e. The summed E-state index contributed by atoms with van der Waals surface area (Å²) in [6, 6.07) is 0. The second-order valence-corrected chi connectivity index (χ2v) is 3.99. The third-order valence-electron chi connectivity index (χ3n) is 2.73. The van der Waals surface area contributed by atoms with Crippen LogP contribution in [0.1, 0.15) is 33.1 Å². The van der Waals surface area contributed by atoms with Crippen molar-refractivity contribution in [2.24, 2.45) is 17.6 Å². The van der Waals surface area contributed by atoms with E-state index in [-0.39, 0.29) is 24.3 Å². The Bertz CT molecular complexity index is 190. The summed E-state index contributed by atoms with van der Waals surface area (Å²) in [5, 5.41) is 18.0. The molecule has 0 aliphatic carbocycles. The van der Waals surface area contributed by atoms with Gasteiger partial charge >= 0.3 is 0 Å². The van der Waals surface area contributed by atoms with Crippen molar-refractivity contribution >= 4 is 5.91 Å². The maximum Gasteiger partial charge on any atom is 0.217 e. The first-order valence-electron chi connectivity index (χ1n) is 5.42. The van der Waals surface area contributed by atoms with Crippen LogP contribution in [0.5, 0.6) is 0 Å². The number of rotatable bonds is 8. The molecule has 16 heavy (non-hydrogen) atoms. The fourth-order valence-corrected chi connectivity index (χ4v) is 1.38. The van der Waals surface area contributed by atoms with E-state index >= 15 is 0 Å². The van der Waals surface area contributed by atoms with Crippen molar-refractivity contribution in [2.45, 2.75) is 39.2 Å². The molecule has 3 atom stereocenters. The van der Waals surface area contributed by atoms with Crippen LogP contribution in [0.4, 0.5) is 0 Å². The number of aliphatic hydroxyl groups is 2. The van der Waals surface area contributed by atoms with Crippen molar-refractivity contribution < 1.29 is 15.0 Å². The van der Waals surface area contributed by atoms with Crippen LogP contribution in [-0.2, 0) is 4.79 Å². The number of amides is 1. The molecule has 0 fully saturated rings. The summed E-state index contributed by atoms with van der Waals surface area (Å²) in [6.07, 6.45) is 3.35. The summed E-state index contributed by atoms with van der Waals surface area (Å²) in [5.41, 5.74) is 5.20. The van der Waals surface area contributed by atoms with Gasteiger partial charge in [-0.1, -0.05) is 13.8 Å². The molecule has 4 N–H and O–H groups in total. The zero-order valence-electron chi connectivity index (χ0n) is 10.2. The predicted octanol–water partition coefficient (Wildman–Crippen LogP) is 0.472. The number of carbonyl (C=O) groups is 1. The minimum absolute atomic E-state index is 0. The Kier molecular flexibility index (Phi) is 9.12. The van der Waals surface area contributed by atoms with Gasteiger partial charge in [-0.25, -0.2) is 0 Å². The summed E-state index contributed by atoms with van der Waals surface area (Å²) < 4.78 is 0. The van der Waals surface area contributed by atoms with E-state index in [2.05, 4.69) is 0 Å². The number of nitrogens with two attached hydrogens (primary N) is 1. The Balaban J connectivity index is 0. The number of aliphatic hydroxyl groups excluding tert-OH is 2. The van der Waals surface area contributed by atoms with Crippen LogP contribution in [0.2, 0.25) is 0 Å². The maximum absolute atomic E-state index is 10.9. The second-order valence-electron chi connectivity index (χ2n) is 3.99. The van der Waals surface area contributed by atoms with Crippen molar-refractivity contribution in [3.8, 4) is 0 Å². The molecule has 1 amide bonds. The molecule has 0 saturated heterocycles. The fraction of sp³-hybridized carbons (Fsp3) is 0.818. The van der Waals surface area contributed by atoms with Crippen LogP contribution >= 0.6 is 0 Å². The molecule has 4 nitrogen and oxygen atoms in total. The first kappa shape index (κ1) is 16.8. The van der Waals surface area contributed by atoms with E-state index < -0.39 is 6.10 Å². The third kappa shape index (κ3) is 5.98. The summed E-state index contributed by atoms with van der Waals surface area (Å²) in [4.78, 5) is 10.9. The van der Waals surface area contributed by atoms with Gasteiger partial charge in [0.25, 0.3) is 0 Å². The molecule has 0 aromatic rings. The van der Waals surface area contributed by atoms with Gasteiger partial charge in [-0.3, -0.25) is 4.79 Å². The molecule has 92 valence electrons. The molecule has 0 aliphatic heterocycles. The first-order chi connectivity index (χ1) is 7.02. The Morgan fingerprint density at radius 3 is 2.38 bits per heavy atom. The molecule has 5 heteroatoms. The number of hydrogen-bond acceptors (Lipinski definition) is 3. The Labute approximate surface area is 91.5 Å². The SMILES string of the molecule is CCC(C[CH-]CC(C)C(O)CO)C(N)=O.[Rf]. The van der Waals surface area contributed by atoms with Crippen LogP contribution < -0.4 is 5.73 Å². The Morgan fingerprint density at radius 2 is 2.00 bits per heavy atom. The minimum Gasteiger partial charge on any atom is -0.394 e. The van der Waals surface area contributed by atoms with Crippen LogP contribution in [0.3, 0.4) is 0 Å². The van der Waals surface area contributed by atoms with Crippen LogP contribution in [0, 0.1) is 18.3 Å². The average molecular weight is 483 g/mol. The van der Waals surface area contributed by atoms with Gasteiger partial charge in [0.1, 0.15) is 0 Å². The standard InChI is InChI=1S/C11H22NO3.Rf/c1-3-9(11(12)15)6-4-5-8(2)10(14)7-13;/h4,8-10,13-14H,3,5-7H2,1-2H3,(H2,12,15);/q-1;. The van der Waals surface area contributed by atoms with E-state index in [0.717, 1.165) is 6.42 Å². The van der Waals surface area contributed by atoms with Crippen molar-refractivity contribution in [3.63, 3.8) is 0 Å². The fourth-order valence-electron chi connectivity index (χ4n) is 1.38. The number of carbonyl (C=O) groups excluding carboxylic acids is 1. The van der Waals surface area contributed by atoms with Gasteiger partial charge in [-0.2, -0.15) is 12.8 Å². The minimum atomic E-state index is -0.685. The molecule has 0 bridgehead atoms.